The lowest BCUT2D eigenvalue weighted by Gasteiger charge is -2.22. The van der Waals surface area contributed by atoms with Crippen LogP contribution in [-0.4, -0.2) is 34.9 Å². The minimum absolute atomic E-state index is 0.0340. The fraction of sp³-hybridized carbons (Fsp3) is 0.784. The highest BCUT2D eigenvalue weighted by Crippen LogP contribution is 2.16. The van der Waals surface area contributed by atoms with Gasteiger partial charge in [0.1, 0.15) is 0 Å². The van der Waals surface area contributed by atoms with Crippen LogP contribution in [0.1, 0.15) is 239 Å². The van der Waals surface area contributed by atoms with E-state index < -0.39 is 12.1 Å². The molecule has 0 radical (unpaired) electrons. The van der Waals surface area contributed by atoms with Gasteiger partial charge in [0.05, 0.1) is 18.8 Å². The average molecular weight is 768 g/mol. The highest BCUT2D eigenvalue weighted by Gasteiger charge is 2.20. The highest BCUT2D eigenvalue weighted by atomic mass is 16.3. The van der Waals surface area contributed by atoms with Crippen molar-refractivity contribution in [2.24, 2.45) is 0 Å². The Balaban J connectivity index is 3.50. The number of nitrogens with one attached hydrogen (secondary N) is 1. The third-order valence-corrected chi connectivity index (χ3v) is 10.8. The van der Waals surface area contributed by atoms with Gasteiger partial charge in [0, 0.05) is 6.42 Å². The van der Waals surface area contributed by atoms with Crippen LogP contribution in [0.25, 0.3) is 0 Å². The van der Waals surface area contributed by atoms with Crippen molar-refractivity contribution in [2.75, 3.05) is 6.61 Å². The van der Waals surface area contributed by atoms with Gasteiger partial charge in [0.15, 0.2) is 0 Å². The van der Waals surface area contributed by atoms with Gasteiger partial charge in [-0.15, -0.1) is 0 Å². The standard InChI is InChI=1S/C51H93NO3/c1-3-5-7-9-11-13-15-17-19-20-21-22-23-24-25-26-27-28-29-30-31-32-33-35-37-39-41-43-45-47-51(55)52-49(48-53)50(54)46-44-42-40-38-36-34-18-16-14-12-10-8-6-4-2/h5,7,11,13,17,19,21-22,24-25,49-50,53-54H,3-4,6,8-10,12,14-16,18,20,23,26-48H2,1-2H3,(H,52,55)/b7-5-,13-11-,19-17-,22-21-,25-24-. The van der Waals surface area contributed by atoms with Crippen LogP contribution >= 0.6 is 0 Å². The molecule has 0 aliphatic heterocycles. The fourth-order valence-corrected chi connectivity index (χ4v) is 7.15. The van der Waals surface area contributed by atoms with Crippen LogP contribution in [0.4, 0.5) is 0 Å². The zero-order valence-corrected chi connectivity index (χ0v) is 36.7. The number of rotatable bonds is 43. The number of aliphatic hydroxyl groups excluding tert-OH is 2. The van der Waals surface area contributed by atoms with Gasteiger partial charge in [0.25, 0.3) is 0 Å². The van der Waals surface area contributed by atoms with E-state index in [9.17, 15) is 15.0 Å². The SMILES string of the molecule is CC/C=C\C/C=C\C/C=C\C/C=C\C/C=C\CCCCCCCCCCCCCCCC(=O)NC(CO)C(O)CCCCCCCCCCCCCCCC. The van der Waals surface area contributed by atoms with Crippen molar-refractivity contribution >= 4 is 5.91 Å². The molecule has 0 fully saturated rings. The molecule has 0 aromatic heterocycles. The predicted octanol–water partition coefficient (Wildman–Crippen LogP) is 15.3. The summed E-state index contributed by atoms with van der Waals surface area (Å²) in [4.78, 5) is 12.4. The first kappa shape index (κ1) is 53.1. The van der Waals surface area contributed by atoms with Crippen LogP contribution in [0.3, 0.4) is 0 Å². The minimum atomic E-state index is -0.661. The van der Waals surface area contributed by atoms with Gasteiger partial charge < -0.3 is 15.5 Å². The number of hydrogen-bond donors (Lipinski definition) is 3. The molecule has 0 bridgehead atoms. The molecule has 55 heavy (non-hydrogen) atoms. The third-order valence-electron chi connectivity index (χ3n) is 10.8. The molecule has 0 aliphatic rings. The van der Waals surface area contributed by atoms with E-state index in [0.29, 0.717) is 12.8 Å². The number of carbonyl (C=O) groups is 1. The second-order valence-corrected chi connectivity index (χ2v) is 16.2. The summed E-state index contributed by atoms with van der Waals surface area (Å²) in [6, 6.07) is -0.538. The summed E-state index contributed by atoms with van der Waals surface area (Å²) >= 11 is 0. The number of unbranched alkanes of at least 4 members (excludes halogenated alkanes) is 26. The zero-order valence-electron chi connectivity index (χ0n) is 36.7. The molecule has 0 aliphatic carbocycles. The number of allylic oxidation sites excluding steroid dienone is 10. The Morgan fingerprint density at radius 1 is 0.455 bits per heavy atom. The Bertz CT molecular complexity index is 919. The number of aliphatic hydroxyl groups is 2. The lowest BCUT2D eigenvalue weighted by atomic mass is 10.0. The summed E-state index contributed by atoms with van der Waals surface area (Å²) in [7, 11) is 0. The van der Waals surface area contributed by atoms with Crippen LogP contribution in [0.15, 0.2) is 60.8 Å². The first-order chi connectivity index (χ1) is 27.2. The van der Waals surface area contributed by atoms with Crippen molar-refractivity contribution in [1.82, 2.24) is 5.32 Å². The molecule has 0 saturated carbocycles. The fourth-order valence-electron chi connectivity index (χ4n) is 7.15. The Morgan fingerprint density at radius 3 is 1.20 bits per heavy atom. The van der Waals surface area contributed by atoms with Crippen LogP contribution in [0.2, 0.25) is 0 Å². The van der Waals surface area contributed by atoms with E-state index in [1.54, 1.807) is 0 Å². The smallest absolute Gasteiger partial charge is 0.220 e. The molecule has 1 amide bonds. The quantitative estimate of drug-likeness (QED) is 0.0427. The van der Waals surface area contributed by atoms with Crippen LogP contribution in [-0.2, 0) is 4.79 Å². The normalized spacial score (nSPS) is 13.5. The molecular weight excluding hydrogens is 675 g/mol. The maximum absolute atomic E-state index is 12.4. The van der Waals surface area contributed by atoms with Gasteiger partial charge in [-0.05, 0) is 57.8 Å². The molecule has 0 rings (SSSR count). The number of amides is 1. The van der Waals surface area contributed by atoms with E-state index in [2.05, 4.69) is 79.9 Å². The summed E-state index contributed by atoms with van der Waals surface area (Å²) in [5.74, 6) is -0.0340. The first-order valence-electron chi connectivity index (χ1n) is 24.0. The Morgan fingerprint density at radius 2 is 0.800 bits per heavy atom. The van der Waals surface area contributed by atoms with E-state index in [-0.39, 0.29) is 12.5 Å². The number of hydrogen-bond acceptors (Lipinski definition) is 3. The maximum Gasteiger partial charge on any atom is 0.220 e. The van der Waals surface area contributed by atoms with Crippen LogP contribution in [0.5, 0.6) is 0 Å². The number of carbonyl (C=O) groups excluding carboxylic acids is 1. The zero-order chi connectivity index (χ0) is 40.0. The molecule has 0 saturated heterocycles. The average Bonchev–Trinajstić information content (AvgIpc) is 3.19. The first-order valence-corrected chi connectivity index (χ1v) is 24.0. The summed E-state index contributed by atoms with van der Waals surface area (Å²) in [6.45, 7) is 4.25. The van der Waals surface area contributed by atoms with E-state index in [0.717, 1.165) is 57.8 Å². The van der Waals surface area contributed by atoms with Gasteiger partial charge in [-0.25, -0.2) is 0 Å². The Hall–Kier alpha value is -1.91. The minimum Gasteiger partial charge on any atom is -0.394 e. The van der Waals surface area contributed by atoms with Gasteiger partial charge in [0.2, 0.25) is 5.91 Å². The van der Waals surface area contributed by atoms with Crippen molar-refractivity contribution in [3.63, 3.8) is 0 Å². The van der Waals surface area contributed by atoms with Gasteiger partial charge in [-0.3, -0.25) is 4.79 Å². The van der Waals surface area contributed by atoms with Crippen molar-refractivity contribution in [1.29, 1.82) is 0 Å². The third kappa shape index (κ3) is 43.1. The van der Waals surface area contributed by atoms with Crippen molar-refractivity contribution < 1.29 is 15.0 Å². The molecule has 0 heterocycles. The lowest BCUT2D eigenvalue weighted by molar-refractivity contribution is -0.123. The van der Waals surface area contributed by atoms with Crippen molar-refractivity contribution in [3.8, 4) is 0 Å². The van der Waals surface area contributed by atoms with Gasteiger partial charge in [-0.1, -0.05) is 235 Å². The van der Waals surface area contributed by atoms with E-state index in [4.69, 9.17) is 0 Å². The molecular formula is C51H93NO3. The second-order valence-electron chi connectivity index (χ2n) is 16.2. The molecule has 4 heteroatoms. The van der Waals surface area contributed by atoms with Gasteiger partial charge >= 0.3 is 0 Å². The molecule has 0 aromatic rings. The molecule has 2 unspecified atom stereocenters. The topological polar surface area (TPSA) is 69.6 Å². The molecule has 3 N–H and O–H groups in total. The largest absolute Gasteiger partial charge is 0.394 e. The highest BCUT2D eigenvalue weighted by molar-refractivity contribution is 5.76. The van der Waals surface area contributed by atoms with Crippen molar-refractivity contribution in [2.45, 2.75) is 251 Å². The maximum atomic E-state index is 12.4. The van der Waals surface area contributed by atoms with Crippen LogP contribution < -0.4 is 5.32 Å². The Kier molecular flexibility index (Phi) is 44.9. The summed E-state index contributed by atoms with van der Waals surface area (Å²) in [6.07, 6.45) is 64.5. The van der Waals surface area contributed by atoms with E-state index in [1.807, 2.05) is 0 Å². The summed E-state index contributed by atoms with van der Waals surface area (Å²) in [5, 5.41) is 23.2. The molecule has 4 nitrogen and oxygen atoms in total. The van der Waals surface area contributed by atoms with E-state index >= 15 is 0 Å². The monoisotopic (exact) mass is 768 g/mol. The van der Waals surface area contributed by atoms with E-state index in [1.165, 1.54) is 154 Å². The Labute approximate surface area is 343 Å². The van der Waals surface area contributed by atoms with Crippen LogP contribution in [0, 0.1) is 0 Å². The second kappa shape index (κ2) is 46.5. The molecule has 320 valence electrons. The predicted molar refractivity (Wildman–Crippen MR) is 244 cm³/mol. The molecule has 0 spiro atoms. The molecule has 0 aromatic carbocycles. The summed E-state index contributed by atoms with van der Waals surface area (Å²) < 4.78 is 0. The van der Waals surface area contributed by atoms with Gasteiger partial charge in [-0.2, -0.15) is 0 Å². The lowest BCUT2D eigenvalue weighted by Crippen LogP contribution is -2.45. The summed E-state index contributed by atoms with van der Waals surface area (Å²) in [5.41, 5.74) is 0. The molecule has 2 atom stereocenters. The van der Waals surface area contributed by atoms with Crippen molar-refractivity contribution in [3.05, 3.63) is 60.8 Å².